The topological polar surface area (TPSA) is 67.5 Å². The third-order valence-corrected chi connectivity index (χ3v) is 6.92. The molecule has 1 saturated heterocycles. The van der Waals surface area contributed by atoms with E-state index < -0.39 is 0 Å². The molecule has 5 rings (SSSR count). The lowest BCUT2D eigenvalue weighted by atomic mass is 9.90. The molecule has 0 saturated carbocycles. The SMILES string of the molecule is N#Cc1ccc2ccc(=O)n(CCN3CCC(CCc4ccc5c(c4)OCCO5)CC3)c2c1. The largest absolute Gasteiger partial charge is 0.486 e. The third-order valence-electron chi connectivity index (χ3n) is 6.92. The van der Waals surface area contributed by atoms with Gasteiger partial charge >= 0.3 is 0 Å². The lowest BCUT2D eigenvalue weighted by Crippen LogP contribution is -2.37. The second kappa shape index (κ2) is 9.68. The Morgan fingerprint density at radius 2 is 1.73 bits per heavy atom. The Bertz CT molecular complexity index is 1240. The van der Waals surface area contributed by atoms with E-state index in [1.807, 2.05) is 28.8 Å². The van der Waals surface area contributed by atoms with Gasteiger partial charge in [-0.3, -0.25) is 4.79 Å². The van der Waals surface area contributed by atoms with E-state index in [0.717, 1.165) is 54.4 Å². The van der Waals surface area contributed by atoms with Crippen LogP contribution < -0.4 is 15.0 Å². The number of hydrogen-bond donors (Lipinski definition) is 0. The number of hydrogen-bond acceptors (Lipinski definition) is 5. The minimum atomic E-state index is -0.00750. The maximum absolute atomic E-state index is 12.5. The summed E-state index contributed by atoms with van der Waals surface area (Å²) in [6.45, 7) is 4.88. The van der Waals surface area contributed by atoms with Crippen molar-refractivity contribution in [2.75, 3.05) is 32.8 Å². The molecule has 3 aromatic rings. The van der Waals surface area contributed by atoms with Crippen LogP contribution in [0.3, 0.4) is 0 Å². The van der Waals surface area contributed by atoms with Gasteiger partial charge in [-0.15, -0.1) is 0 Å². The molecular formula is C27H29N3O3. The van der Waals surface area contributed by atoms with Crippen molar-refractivity contribution >= 4 is 10.9 Å². The first-order valence-electron chi connectivity index (χ1n) is 11.8. The van der Waals surface area contributed by atoms with E-state index in [4.69, 9.17) is 9.47 Å². The zero-order valence-corrected chi connectivity index (χ0v) is 18.8. The molecule has 0 N–H and O–H groups in total. The summed E-state index contributed by atoms with van der Waals surface area (Å²) in [6, 6.07) is 17.5. The zero-order chi connectivity index (χ0) is 22.6. The Hall–Kier alpha value is -3.30. The summed E-state index contributed by atoms with van der Waals surface area (Å²) in [5.41, 5.74) is 2.73. The van der Waals surface area contributed by atoms with Gasteiger partial charge in [-0.05, 0) is 86.0 Å². The average molecular weight is 444 g/mol. The van der Waals surface area contributed by atoms with Crippen molar-refractivity contribution in [1.82, 2.24) is 9.47 Å². The number of piperidine rings is 1. The van der Waals surface area contributed by atoms with Crippen LogP contribution in [0.4, 0.5) is 0 Å². The first kappa shape index (κ1) is 21.5. The summed E-state index contributed by atoms with van der Waals surface area (Å²) >= 11 is 0. The lowest BCUT2D eigenvalue weighted by Gasteiger charge is -2.32. The zero-order valence-electron chi connectivity index (χ0n) is 18.8. The molecule has 2 aromatic carbocycles. The number of likely N-dealkylation sites (tertiary alicyclic amines) is 1. The van der Waals surface area contributed by atoms with Crippen LogP contribution in [0.1, 0.15) is 30.4 Å². The lowest BCUT2D eigenvalue weighted by molar-refractivity contribution is 0.170. The van der Waals surface area contributed by atoms with E-state index in [2.05, 4.69) is 23.1 Å². The molecule has 0 atom stereocenters. The standard InChI is InChI=1S/C27H29N3O3/c28-19-22-3-5-23-6-8-27(31)30(24(23)17-22)14-13-29-11-9-20(10-12-29)1-2-21-4-7-25-26(18-21)33-16-15-32-25/h3-8,17-18,20H,1-2,9-16H2. The highest BCUT2D eigenvalue weighted by atomic mass is 16.6. The molecule has 2 aliphatic rings. The monoisotopic (exact) mass is 443 g/mol. The second-order valence-electron chi connectivity index (χ2n) is 9.01. The summed E-state index contributed by atoms with van der Waals surface area (Å²) in [7, 11) is 0. The van der Waals surface area contributed by atoms with Crippen LogP contribution >= 0.6 is 0 Å². The number of nitrogens with zero attached hydrogens (tertiary/aromatic N) is 3. The third kappa shape index (κ3) is 4.89. The molecule has 2 aliphatic heterocycles. The molecule has 1 aromatic heterocycles. The van der Waals surface area contributed by atoms with Gasteiger partial charge in [0.05, 0.1) is 17.1 Å². The van der Waals surface area contributed by atoms with Gasteiger partial charge in [0.15, 0.2) is 11.5 Å². The molecule has 1 fully saturated rings. The summed E-state index contributed by atoms with van der Waals surface area (Å²) in [4.78, 5) is 15.0. The minimum Gasteiger partial charge on any atom is -0.486 e. The van der Waals surface area contributed by atoms with Gasteiger partial charge in [-0.25, -0.2) is 0 Å². The number of aryl methyl sites for hydroxylation is 1. The van der Waals surface area contributed by atoms with Crippen LogP contribution in [0.15, 0.2) is 53.3 Å². The highest BCUT2D eigenvalue weighted by molar-refractivity contribution is 5.80. The highest BCUT2D eigenvalue weighted by Crippen LogP contribution is 2.32. The van der Waals surface area contributed by atoms with E-state index in [1.165, 1.54) is 24.8 Å². The van der Waals surface area contributed by atoms with Crippen LogP contribution in [-0.4, -0.2) is 42.3 Å². The minimum absolute atomic E-state index is 0.00750. The Labute approximate surface area is 194 Å². The number of pyridine rings is 1. The Kier molecular flexibility index (Phi) is 6.32. The Balaban J connectivity index is 1.14. The first-order valence-corrected chi connectivity index (χ1v) is 11.8. The number of aromatic nitrogens is 1. The molecular weight excluding hydrogens is 414 g/mol. The molecule has 170 valence electrons. The van der Waals surface area contributed by atoms with E-state index in [0.29, 0.717) is 25.3 Å². The fraction of sp³-hybridized carbons (Fsp3) is 0.407. The number of fused-ring (bicyclic) bond motifs is 2. The molecule has 3 heterocycles. The maximum Gasteiger partial charge on any atom is 0.251 e. The van der Waals surface area contributed by atoms with Crippen molar-refractivity contribution in [1.29, 1.82) is 5.26 Å². The molecule has 6 heteroatoms. The molecule has 33 heavy (non-hydrogen) atoms. The summed E-state index contributed by atoms with van der Waals surface area (Å²) in [5.74, 6) is 2.46. The summed E-state index contributed by atoms with van der Waals surface area (Å²) < 4.78 is 13.1. The highest BCUT2D eigenvalue weighted by Gasteiger charge is 2.20. The molecule has 0 unspecified atom stereocenters. The predicted octanol–water partition coefficient (Wildman–Crippen LogP) is 3.99. The van der Waals surface area contributed by atoms with Crippen LogP contribution in [0.25, 0.3) is 10.9 Å². The van der Waals surface area contributed by atoms with Gasteiger partial charge in [0.25, 0.3) is 5.56 Å². The van der Waals surface area contributed by atoms with Gasteiger partial charge in [0.2, 0.25) is 0 Å². The normalized spacial score (nSPS) is 16.6. The molecule has 6 nitrogen and oxygen atoms in total. The van der Waals surface area contributed by atoms with E-state index >= 15 is 0 Å². The number of nitriles is 1. The summed E-state index contributed by atoms with van der Waals surface area (Å²) in [6.07, 6.45) is 4.63. The van der Waals surface area contributed by atoms with Gasteiger partial charge in [-0.2, -0.15) is 5.26 Å². The van der Waals surface area contributed by atoms with Crippen LogP contribution in [0, 0.1) is 17.2 Å². The van der Waals surface area contributed by atoms with Gasteiger partial charge in [-0.1, -0.05) is 12.1 Å². The first-order chi connectivity index (χ1) is 16.2. The van der Waals surface area contributed by atoms with E-state index in [-0.39, 0.29) is 5.56 Å². The Morgan fingerprint density at radius 1 is 0.939 bits per heavy atom. The second-order valence-corrected chi connectivity index (χ2v) is 9.01. The van der Waals surface area contributed by atoms with Crippen LogP contribution in [0.5, 0.6) is 11.5 Å². The quantitative estimate of drug-likeness (QED) is 0.576. The van der Waals surface area contributed by atoms with Crippen molar-refractivity contribution in [3.63, 3.8) is 0 Å². The van der Waals surface area contributed by atoms with Crippen molar-refractivity contribution < 1.29 is 9.47 Å². The molecule has 0 aliphatic carbocycles. The smallest absolute Gasteiger partial charge is 0.251 e. The Morgan fingerprint density at radius 3 is 2.55 bits per heavy atom. The van der Waals surface area contributed by atoms with Crippen molar-refractivity contribution in [3.05, 3.63) is 70.0 Å². The summed E-state index contributed by atoms with van der Waals surface area (Å²) in [5, 5.41) is 10.2. The number of benzene rings is 2. The van der Waals surface area contributed by atoms with Crippen molar-refractivity contribution in [3.8, 4) is 17.6 Å². The predicted molar refractivity (Wildman–Crippen MR) is 128 cm³/mol. The van der Waals surface area contributed by atoms with Crippen LogP contribution in [0.2, 0.25) is 0 Å². The van der Waals surface area contributed by atoms with E-state index in [1.54, 1.807) is 12.1 Å². The molecule has 0 spiro atoms. The maximum atomic E-state index is 12.5. The number of ether oxygens (including phenoxy) is 2. The molecule has 0 radical (unpaired) electrons. The van der Waals surface area contributed by atoms with Gasteiger partial charge in [0.1, 0.15) is 13.2 Å². The van der Waals surface area contributed by atoms with Crippen LogP contribution in [-0.2, 0) is 13.0 Å². The average Bonchev–Trinajstić information content (AvgIpc) is 2.87. The molecule has 0 bridgehead atoms. The number of rotatable bonds is 6. The fourth-order valence-electron chi connectivity index (χ4n) is 4.94. The van der Waals surface area contributed by atoms with Gasteiger partial charge in [0, 0.05) is 19.2 Å². The fourth-order valence-corrected chi connectivity index (χ4v) is 4.94. The van der Waals surface area contributed by atoms with Crippen molar-refractivity contribution in [2.24, 2.45) is 5.92 Å². The van der Waals surface area contributed by atoms with Crippen molar-refractivity contribution in [2.45, 2.75) is 32.2 Å². The van der Waals surface area contributed by atoms with Gasteiger partial charge < -0.3 is 18.9 Å². The molecule has 0 amide bonds. The van der Waals surface area contributed by atoms with E-state index in [9.17, 15) is 10.1 Å².